The molecular weight excluding hydrogens is 768 g/mol. The summed E-state index contributed by atoms with van der Waals surface area (Å²) in [6, 6.07) is 21.4. The Labute approximate surface area is 291 Å². The molecule has 2 aromatic carbocycles. The van der Waals surface area contributed by atoms with Gasteiger partial charge in [0.25, 0.3) is 0 Å². The van der Waals surface area contributed by atoms with E-state index in [0.717, 1.165) is 62.1 Å². The Morgan fingerprint density at radius 2 is 1.61 bits per heavy atom. The van der Waals surface area contributed by atoms with Crippen LogP contribution in [0.2, 0.25) is 0 Å². The SMILES string of the molecule is C=C(C)CN1CCC(c2cccc(OCc3ccc(C#N)cc3)n2)CC1.CC.CC(=O)c1ccc(C)c(C)c1.[CH2-]CC[CH2-].[U+2]. The first-order valence-corrected chi connectivity index (χ1v) is 15.3. The number of carbonyl (C=O) groups excluding carboxylic acids is 1. The van der Waals surface area contributed by atoms with Gasteiger partial charge in [-0.1, -0.05) is 56.3 Å². The van der Waals surface area contributed by atoms with E-state index in [-0.39, 0.29) is 36.9 Å². The summed E-state index contributed by atoms with van der Waals surface area (Å²) in [4.78, 5) is 18.1. The predicted octanol–water partition coefficient (Wildman–Crippen LogP) is 9.25. The standard InChI is InChI=1S/C22H25N3O.C10H12O.C4H8.C2H6.U/c1-17(2)15-25-12-10-20(11-13-25)21-4-3-5-22(24-21)26-16-19-8-6-18(14-23)7-9-19;1-7-4-5-10(9(3)11)6-8(7)2;1-3-4-2;1-2;/h3-9,20H,1,10-13,15-16H2,2H3;4-6H,1-3H3;1-4H2;1-2H3;/q;;-2;;+2. The van der Waals surface area contributed by atoms with Crippen LogP contribution in [0.25, 0.3) is 0 Å². The zero-order valence-corrected chi connectivity index (χ0v) is 32.0. The molecule has 2 heterocycles. The van der Waals surface area contributed by atoms with Gasteiger partial charge < -0.3 is 18.6 Å². The van der Waals surface area contributed by atoms with Gasteiger partial charge in [-0.05, 0) is 94.6 Å². The summed E-state index contributed by atoms with van der Waals surface area (Å²) in [5.74, 6) is 1.29. The van der Waals surface area contributed by atoms with Crippen LogP contribution >= 0.6 is 0 Å². The predicted molar refractivity (Wildman–Crippen MR) is 180 cm³/mol. The summed E-state index contributed by atoms with van der Waals surface area (Å²) in [7, 11) is 0. The van der Waals surface area contributed by atoms with Crippen molar-refractivity contribution >= 4 is 5.78 Å². The molecule has 1 aliphatic heterocycles. The van der Waals surface area contributed by atoms with Crippen LogP contribution in [-0.4, -0.2) is 35.3 Å². The molecule has 1 fully saturated rings. The number of rotatable bonds is 8. The second kappa shape index (κ2) is 23.7. The summed E-state index contributed by atoms with van der Waals surface area (Å²) in [6.45, 7) is 26.5. The number of hydrogen-bond acceptors (Lipinski definition) is 5. The average Bonchev–Trinajstić information content (AvgIpc) is 3.03. The van der Waals surface area contributed by atoms with Gasteiger partial charge in [-0.15, -0.1) is 0 Å². The summed E-state index contributed by atoms with van der Waals surface area (Å²) in [6.07, 6.45) is 4.17. The molecule has 0 N–H and O–H groups in total. The van der Waals surface area contributed by atoms with E-state index in [1.807, 2.05) is 70.2 Å². The van der Waals surface area contributed by atoms with E-state index < -0.39 is 0 Å². The Bertz CT molecular complexity index is 1290. The van der Waals surface area contributed by atoms with Crippen LogP contribution in [0.3, 0.4) is 0 Å². The Morgan fingerprint density at radius 3 is 2.11 bits per heavy atom. The third kappa shape index (κ3) is 15.9. The molecule has 0 amide bonds. The van der Waals surface area contributed by atoms with Crippen LogP contribution < -0.4 is 4.74 Å². The van der Waals surface area contributed by atoms with E-state index in [4.69, 9.17) is 15.0 Å². The molecular formula is C38H51N3O2U. The number of Topliss-reactive ketones (excluding diaryl/α,β-unsaturated/α-hetero) is 1. The number of ketones is 1. The molecule has 0 aliphatic carbocycles. The molecule has 1 aliphatic rings. The Balaban J connectivity index is 0.000000855. The number of aromatic nitrogens is 1. The number of aryl methyl sites for hydroxylation is 2. The third-order valence-electron chi connectivity index (χ3n) is 6.88. The van der Waals surface area contributed by atoms with Crippen molar-refractivity contribution in [1.82, 2.24) is 9.88 Å². The second-order valence-corrected chi connectivity index (χ2v) is 10.6. The van der Waals surface area contributed by atoms with Gasteiger partial charge in [0.2, 0.25) is 5.88 Å². The summed E-state index contributed by atoms with van der Waals surface area (Å²) in [5.41, 5.74) is 7.24. The third-order valence-corrected chi connectivity index (χ3v) is 6.88. The fraction of sp³-hybridized carbons (Fsp3) is 0.395. The van der Waals surface area contributed by atoms with Crippen molar-refractivity contribution in [2.45, 2.75) is 79.8 Å². The number of unbranched alkanes of at least 4 members (excludes halogenated alkanes) is 1. The molecule has 44 heavy (non-hydrogen) atoms. The fourth-order valence-electron chi connectivity index (χ4n) is 4.30. The molecule has 5 nitrogen and oxygen atoms in total. The maximum Gasteiger partial charge on any atom is 2.00 e. The zero-order valence-electron chi connectivity index (χ0n) is 27.8. The Morgan fingerprint density at radius 1 is 1.00 bits per heavy atom. The summed E-state index contributed by atoms with van der Waals surface area (Å²) < 4.78 is 5.85. The van der Waals surface area contributed by atoms with Crippen molar-refractivity contribution in [3.05, 3.63) is 120 Å². The number of hydrogen-bond donors (Lipinski definition) is 0. The van der Waals surface area contributed by atoms with Crippen molar-refractivity contribution < 1.29 is 40.6 Å². The van der Waals surface area contributed by atoms with Crippen molar-refractivity contribution in [3.63, 3.8) is 0 Å². The van der Waals surface area contributed by atoms with Gasteiger partial charge in [-0.2, -0.15) is 5.26 Å². The number of ether oxygens (including phenoxy) is 1. The molecule has 1 aromatic heterocycles. The van der Waals surface area contributed by atoms with E-state index in [2.05, 4.69) is 44.4 Å². The number of benzene rings is 2. The number of pyridine rings is 1. The topological polar surface area (TPSA) is 66.2 Å². The molecule has 0 radical (unpaired) electrons. The second-order valence-electron chi connectivity index (χ2n) is 10.6. The van der Waals surface area contributed by atoms with Crippen molar-refractivity contribution in [1.29, 1.82) is 5.26 Å². The molecule has 4 rings (SSSR count). The average molecular weight is 820 g/mol. The van der Waals surface area contributed by atoms with Gasteiger partial charge in [0.15, 0.2) is 5.78 Å². The van der Waals surface area contributed by atoms with Crippen molar-refractivity contribution in [2.24, 2.45) is 0 Å². The maximum absolute atomic E-state index is 10.9. The minimum absolute atomic E-state index is 0. The van der Waals surface area contributed by atoms with Crippen LogP contribution in [0.1, 0.15) is 97.6 Å². The number of nitrogens with zero attached hydrogens (tertiary/aromatic N) is 3. The van der Waals surface area contributed by atoms with Gasteiger partial charge in [0, 0.05) is 29.8 Å². The molecule has 3 aromatic rings. The van der Waals surface area contributed by atoms with Crippen molar-refractivity contribution in [3.8, 4) is 11.9 Å². The first-order valence-electron chi connectivity index (χ1n) is 15.3. The smallest absolute Gasteiger partial charge is 0.473 e. The zero-order chi connectivity index (χ0) is 32.2. The van der Waals surface area contributed by atoms with E-state index in [1.165, 1.54) is 16.7 Å². The Kier molecular flexibility index (Phi) is 22.2. The van der Waals surface area contributed by atoms with E-state index >= 15 is 0 Å². The van der Waals surface area contributed by atoms with Crippen LogP contribution in [0.15, 0.2) is 72.8 Å². The van der Waals surface area contributed by atoms with Gasteiger partial charge in [0.1, 0.15) is 6.61 Å². The van der Waals surface area contributed by atoms with Crippen LogP contribution in [0.4, 0.5) is 0 Å². The largest absolute Gasteiger partial charge is 2.00 e. The van der Waals surface area contributed by atoms with Gasteiger partial charge in [-0.25, -0.2) is 17.8 Å². The molecule has 0 unspecified atom stereocenters. The van der Waals surface area contributed by atoms with E-state index in [1.54, 1.807) is 19.1 Å². The monoisotopic (exact) mass is 819 g/mol. The van der Waals surface area contributed by atoms with E-state index in [9.17, 15) is 4.79 Å². The number of likely N-dealkylation sites (tertiary alicyclic amines) is 1. The van der Waals surface area contributed by atoms with E-state index in [0.29, 0.717) is 24.0 Å². The minimum atomic E-state index is 0. The first-order chi connectivity index (χ1) is 20.7. The quantitative estimate of drug-likeness (QED) is 0.129. The summed E-state index contributed by atoms with van der Waals surface area (Å²) in [5, 5.41) is 8.85. The van der Waals surface area contributed by atoms with Crippen LogP contribution in [0, 0.1) is 70.1 Å². The molecule has 0 bridgehead atoms. The molecule has 1 saturated heterocycles. The van der Waals surface area contributed by atoms with Gasteiger partial charge in [-0.3, -0.25) is 9.69 Å². The van der Waals surface area contributed by atoms with Gasteiger partial charge in [0.05, 0.1) is 11.6 Å². The molecule has 0 spiro atoms. The number of nitriles is 1. The molecule has 6 heteroatoms. The molecule has 234 valence electrons. The van der Waals surface area contributed by atoms with Crippen LogP contribution in [-0.2, 0) is 6.61 Å². The fourth-order valence-corrected chi connectivity index (χ4v) is 4.30. The number of piperidine rings is 1. The van der Waals surface area contributed by atoms with Gasteiger partial charge >= 0.3 is 31.1 Å². The minimum Gasteiger partial charge on any atom is -0.473 e. The summed E-state index contributed by atoms with van der Waals surface area (Å²) >= 11 is 0. The van der Waals surface area contributed by atoms with Crippen LogP contribution in [0.5, 0.6) is 5.88 Å². The molecule has 0 atom stereocenters. The Hall–Kier alpha value is -2.70. The van der Waals surface area contributed by atoms with Crippen molar-refractivity contribution in [2.75, 3.05) is 19.6 Å². The normalized spacial score (nSPS) is 12.3. The molecule has 0 saturated carbocycles. The first kappa shape index (κ1) is 41.3. The number of carbonyl (C=O) groups is 1. The maximum atomic E-state index is 10.9.